The van der Waals surface area contributed by atoms with Crippen molar-refractivity contribution in [2.45, 2.75) is 30.8 Å². The largest absolute Gasteiger partial charge is 0.480 e. The second-order valence-corrected chi connectivity index (χ2v) is 7.64. The third kappa shape index (κ3) is 4.68. The lowest BCUT2D eigenvalue weighted by atomic mass is 9.83. The van der Waals surface area contributed by atoms with E-state index >= 15 is 0 Å². The summed E-state index contributed by atoms with van der Waals surface area (Å²) in [4.78, 5) is 40.2. The van der Waals surface area contributed by atoms with Crippen LogP contribution >= 0.6 is 0 Å². The van der Waals surface area contributed by atoms with Crippen molar-refractivity contribution >= 4 is 17.8 Å². The zero-order chi connectivity index (χ0) is 21.7. The average Bonchev–Trinajstić information content (AvgIpc) is 3.22. The van der Waals surface area contributed by atoms with E-state index in [0.717, 1.165) is 11.1 Å². The van der Waals surface area contributed by atoms with Crippen LogP contribution < -0.4 is 5.73 Å². The van der Waals surface area contributed by atoms with Gasteiger partial charge in [0.1, 0.15) is 12.1 Å². The van der Waals surface area contributed by atoms with Crippen molar-refractivity contribution in [1.82, 2.24) is 9.80 Å². The Bertz CT molecular complexity index is 848. The molecular weight excluding hydrogens is 382 g/mol. The van der Waals surface area contributed by atoms with Gasteiger partial charge in [-0.25, -0.2) is 0 Å². The van der Waals surface area contributed by atoms with Crippen LogP contribution in [0.1, 0.15) is 29.9 Å². The molecule has 30 heavy (non-hydrogen) atoms. The number of carbonyl (C=O) groups is 3. The normalized spacial score (nSPS) is 17.3. The summed E-state index contributed by atoms with van der Waals surface area (Å²) in [6.07, 6.45) is 1.22. The van der Waals surface area contributed by atoms with Crippen LogP contribution in [0.4, 0.5) is 0 Å². The predicted octanol–water partition coefficient (Wildman–Crippen LogP) is 1.68. The number of aliphatic carboxylic acids is 1. The number of nitrogens with two attached hydrogens (primary N) is 1. The minimum atomic E-state index is -1.02. The van der Waals surface area contributed by atoms with Gasteiger partial charge in [-0.15, -0.1) is 0 Å². The van der Waals surface area contributed by atoms with Gasteiger partial charge in [-0.2, -0.15) is 0 Å². The molecule has 1 unspecified atom stereocenters. The SMILES string of the molecule is CN(CC(=O)O)[C@@H](C(=O)N1CCCC1C(N)=O)C(c1ccccc1)c1ccccc1. The minimum Gasteiger partial charge on any atom is -0.480 e. The van der Waals surface area contributed by atoms with E-state index in [1.54, 1.807) is 11.9 Å². The molecular formula is C23H27N3O4. The van der Waals surface area contributed by atoms with Crippen molar-refractivity contribution < 1.29 is 19.5 Å². The van der Waals surface area contributed by atoms with Crippen LogP contribution in [0.15, 0.2) is 60.7 Å². The first-order valence-corrected chi connectivity index (χ1v) is 10.0. The summed E-state index contributed by atoms with van der Waals surface area (Å²) in [7, 11) is 1.63. The van der Waals surface area contributed by atoms with Gasteiger partial charge in [0.15, 0.2) is 0 Å². The van der Waals surface area contributed by atoms with Crippen LogP contribution in [0.5, 0.6) is 0 Å². The number of nitrogens with zero attached hydrogens (tertiary/aromatic N) is 2. The summed E-state index contributed by atoms with van der Waals surface area (Å²) < 4.78 is 0. The molecule has 3 rings (SSSR count). The summed E-state index contributed by atoms with van der Waals surface area (Å²) >= 11 is 0. The van der Waals surface area contributed by atoms with Crippen molar-refractivity contribution in [3.05, 3.63) is 71.8 Å². The molecule has 1 heterocycles. The van der Waals surface area contributed by atoms with Crippen LogP contribution in [-0.2, 0) is 14.4 Å². The Morgan fingerprint density at radius 1 is 1.07 bits per heavy atom. The number of carboxylic acids is 1. The Morgan fingerprint density at radius 2 is 1.60 bits per heavy atom. The van der Waals surface area contributed by atoms with Gasteiger partial charge in [0.25, 0.3) is 0 Å². The number of rotatable bonds is 8. The number of carbonyl (C=O) groups excluding carboxylic acids is 2. The van der Waals surface area contributed by atoms with Crippen LogP contribution in [-0.4, -0.2) is 64.9 Å². The molecule has 0 spiro atoms. The number of likely N-dealkylation sites (N-methyl/N-ethyl adjacent to an activating group) is 1. The fourth-order valence-corrected chi connectivity index (χ4v) is 4.27. The summed E-state index contributed by atoms with van der Waals surface area (Å²) in [5, 5.41) is 9.40. The van der Waals surface area contributed by atoms with Gasteiger partial charge in [-0.3, -0.25) is 19.3 Å². The highest BCUT2D eigenvalue weighted by atomic mass is 16.4. The lowest BCUT2D eigenvalue weighted by Crippen LogP contribution is -2.55. The van der Waals surface area contributed by atoms with Crippen molar-refractivity contribution in [3.8, 4) is 0 Å². The molecule has 1 aliphatic rings. The zero-order valence-corrected chi connectivity index (χ0v) is 17.0. The molecule has 0 radical (unpaired) electrons. The van der Waals surface area contributed by atoms with Crippen molar-refractivity contribution in [2.24, 2.45) is 5.73 Å². The number of benzene rings is 2. The second-order valence-electron chi connectivity index (χ2n) is 7.64. The number of carboxylic acid groups (broad SMARTS) is 1. The average molecular weight is 409 g/mol. The van der Waals surface area contributed by atoms with E-state index < -0.39 is 29.9 Å². The van der Waals surface area contributed by atoms with E-state index in [9.17, 15) is 19.5 Å². The lowest BCUT2D eigenvalue weighted by Gasteiger charge is -2.37. The third-order valence-electron chi connectivity index (χ3n) is 5.61. The maximum Gasteiger partial charge on any atom is 0.317 e. The van der Waals surface area contributed by atoms with Gasteiger partial charge in [0.05, 0.1) is 6.54 Å². The number of likely N-dealkylation sites (tertiary alicyclic amines) is 1. The van der Waals surface area contributed by atoms with Gasteiger partial charge in [0.2, 0.25) is 11.8 Å². The molecule has 158 valence electrons. The third-order valence-corrected chi connectivity index (χ3v) is 5.61. The first-order chi connectivity index (χ1) is 14.4. The van der Waals surface area contributed by atoms with Crippen LogP contribution in [0.3, 0.4) is 0 Å². The highest BCUT2D eigenvalue weighted by molar-refractivity contribution is 5.91. The van der Waals surface area contributed by atoms with E-state index in [2.05, 4.69) is 0 Å². The maximum atomic E-state index is 13.8. The molecule has 2 atom stereocenters. The molecule has 7 nitrogen and oxygen atoms in total. The van der Waals surface area contributed by atoms with E-state index in [4.69, 9.17) is 5.73 Å². The standard InChI is InChI=1S/C23H27N3O4/c1-25(15-19(27)28)21(23(30)26-14-8-13-18(26)22(24)29)20(16-9-4-2-5-10-16)17-11-6-3-7-12-17/h2-7,9-12,18,20-21H,8,13-15H2,1H3,(H2,24,29)(H,27,28)/t18?,21-/m1/s1. The van der Waals surface area contributed by atoms with Crippen LogP contribution in [0.2, 0.25) is 0 Å². The summed E-state index contributed by atoms with van der Waals surface area (Å²) in [5.74, 6) is -2.24. The summed E-state index contributed by atoms with van der Waals surface area (Å²) in [5.41, 5.74) is 7.34. The van der Waals surface area contributed by atoms with E-state index in [1.165, 1.54) is 4.90 Å². The minimum absolute atomic E-state index is 0.280. The van der Waals surface area contributed by atoms with Gasteiger partial charge in [0, 0.05) is 12.5 Å². The Morgan fingerprint density at radius 3 is 2.07 bits per heavy atom. The highest BCUT2D eigenvalue weighted by Crippen LogP contribution is 2.33. The number of hydrogen-bond acceptors (Lipinski definition) is 4. The molecule has 0 aromatic heterocycles. The topological polar surface area (TPSA) is 104 Å². The van der Waals surface area contributed by atoms with Crippen LogP contribution in [0.25, 0.3) is 0 Å². The molecule has 2 amide bonds. The molecule has 1 aliphatic heterocycles. The number of primary amides is 1. The Balaban J connectivity index is 2.09. The molecule has 7 heteroatoms. The molecule has 0 bridgehead atoms. The second kappa shape index (κ2) is 9.54. The smallest absolute Gasteiger partial charge is 0.317 e. The van der Waals surface area contributed by atoms with Crippen molar-refractivity contribution in [1.29, 1.82) is 0 Å². The quantitative estimate of drug-likeness (QED) is 0.690. The first-order valence-electron chi connectivity index (χ1n) is 10.0. The van der Waals surface area contributed by atoms with Crippen LogP contribution in [0, 0.1) is 0 Å². The van der Waals surface area contributed by atoms with Gasteiger partial charge < -0.3 is 15.7 Å². The van der Waals surface area contributed by atoms with E-state index in [1.807, 2.05) is 60.7 Å². The molecule has 1 saturated heterocycles. The van der Waals surface area contributed by atoms with Gasteiger partial charge in [-0.05, 0) is 31.0 Å². The molecule has 2 aromatic carbocycles. The summed E-state index contributed by atoms with van der Waals surface area (Å²) in [6.45, 7) is 0.127. The van der Waals surface area contributed by atoms with Crippen molar-refractivity contribution in [3.63, 3.8) is 0 Å². The fraction of sp³-hybridized carbons (Fsp3) is 0.348. The van der Waals surface area contributed by atoms with E-state index in [-0.39, 0.29) is 12.5 Å². The van der Waals surface area contributed by atoms with Gasteiger partial charge >= 0.3 is 5.97 Å². The Kier molecular flexibility index (Phi) is 6.84. The lowest BCUT2D eigenvalue weighted by molar-refractivity contribution is -0.145. The molecule has 0 saturated carbocycles. The number of amides is 2. The molecule has 2 aromatic rings. The molecule has 0 aliphatic carbocycles. The number of hydrogen-bond donors (Lipinski definition) is 2. The van der Waals surface area contributed by atoms with E-state index in [0.29, 0.717) is 19.4 Å². The fourth-order valence-electron chi connectivity index (χ4n) is 4.27. The monoisotopic (exact) mass is 409 g/mol. The van der Waals surface area contributed by atoms with Crippen molar-refractivity contribution in [2.75, 3.05) is 20.1 Å². The van der Waals surface area contributed by atoms with Gasteiger partial charge in [-0.1, -0.05) is 60.7 Å². The maximum absolute atomic E-state index is 13.8. The zero-order valence-electron chi connectivity index (χ0n) is 17.0. The predicted molar refractivity (Wildman–Crippen MR) is 113 cm³/mol. The first kappa shape index (κ1) is 21.5. The Labute approximate surface area is 176 Å². The Hall–Kier alpha value is -3.19. The molecule has 1 fully saturated rings. The molecule has 3 N–H and O–H groups in total. The highest BCUT2D eigenvalue weighted by Gasteiger charge is 2.42. The summed E-state index contributed by atoms with van der Waals surface area (Å²) in [6, 6.07) is 17.6.